The van der Waals surface area contributed by atoms with Gasteiger partial charge in [-0.2, -0.15) is 0 Å². The maximum Gasteiger partial charge on any atom is 0.233 e. The predicted molar refractivity (Wildman–Crippen MR) is 50.1 cm³/mol. The average molecular weight is 177 g/mol. The third kappa shape index (κ3) is 0.917. The quantitative estimate of drug-likeness (QED) is 0.440. The number of allylic oxidation sites excluding steroid dienone is 1. The number of nitrogens with zero attached hydrogens (tertiary/aromatic N) is 1. The third-order valence-corrected chi connectivity index (χ3v) is 3.82. The van der Waals surface area contributed by atoms with E-state index in [4.69, 9.17) is 0 Å². The summed E-state index contributed by atoms with van der Waals surface area (Å²) >= 11 is 0. The van der Waals surface area contributed by atoms with Crippen molar-refractivity contribution < 1.29 is 4.79 Å². The molecule has 2 nitrogen and oxygen atoms in total. The average Bonchev–Trinajstić information content (AvgIpc) is 2.64. The van der Waals surface area contributed by atoms with Crippen molar-refractivity contribution in [3.8, 4) is 0 Å². The molecule has 2 heteroatoms. The summed E-state index contributed by atoms with van der Waals surface area (Å²) in [5.74, 6) is 1.11. The minimum Gasteiger partial charge on any atom is -0.335 e. The molecule has 2 aliphatic carbocycles. The Morgan fingerprint density at radius 3 is 2.77 bits per heavy atom. The summed E-state index contributed by atoms with van der Waals surface area (Å²) < 4.78 is 0. The first-order valence-corrected chi connectivity index (χ1v) is 5.22. The molecule has 1 saturated heterocycles. The second kappa shape index (κ2) is 2.17. The zero-order valence-electron chi connectivity index (χ0n) is 7.99. The van der Waals surface area contributed by atoms with Gasteiger partial charge in [0.25, 0.3) is 0 Å². The molecule has 3 atom stereocenters. The lowest BCUT2D eigenvalue weighted by Crippen LogP contribution is -2.31. The fourth-order valence-electron chi connectivity index (χ4n) is 2.82. The molecule has 13 heavy (non-hydrogen) atoms. The Balaban J connectivity index is 1.84. The second-order valence-corrected chi connectivity index (χ2v) is 4.82. The van der Waals surface area contributed by atoms with Gasteiger partial charge in [0, 0.05) is 12.6 Å². The number of carbonyl (C=O) groups excluding carboxylic acids is 1. The Labute approximate surface area is 78.6 Å². The van der Waals surface area contributed by atoms with Crippen LogP contribution in [-0.2, 0) is 4.79 Å². The van der Waals surface area contributed by atoms with E-state index in [1.54, 1.807) is 0 Å². The van der Waals surface area contributed by atoms with Crippen LogP contribution in [0, 0.1) is 11.3 Å². The summed E-state index contributed by atoms with van der Waals surface area (Å²) in [6.45, 7) is 3.11. The van der Waals surface area contributed by atoms with Crippen molar-refractivity contribution in [2.45, 2.75) is 32.2 Å². The molecular formula is C11H15NO. The zero-order valence-corrected chi connectivity index (χ0v) is 7.99. The van der Waals surface area contributed by atoms with Crippen LogP contribution >= 0.6 is 0 Å². The zero-order chi connectivity index (χ0) is 9.05. The molecule has 70 valence electrons. The number of hydrogen-bond acceptors (Lipinski definition) is 1. The molecule has 1 aliphatic heterocycles. The first kappa shape index (κ1) is 7.60. The number of fused-ring (bicyclic) bond motifs is 2. The Morgan fingerprint density at radius 1 is 1.62 bits per heavy atom. The van der Waals surface area contributed by atoms with Crippen molar-refractivity contribution in [2.24, 2.45) is 11.3 Å². The van der Waals surface area contributed by atoms with Gasteiger partial charge in [-0.15, -0.1) is 0 Å². The van der Waals surface area contributed by atoms with Crippen molar-refractivity contribution in [3.05, 3.63) is 12.2 Å². The van der Waals surface area contributed by atoms with Crippen LogP contribution in [0.2, 0.25) is 0 Å². The minimum absolute atomic E-state index is 0.0601. The van der Waals surface area contributed by atoms with Crippen molar-refractivity contribution in [1.29, 1.82) is 0 Å². The van der Waals surface area contributed by atoms with Gasteiger partial charge in [-0.25, -0.2) is 0 Å². The van der Waals surface area contributed by atoms with E-state index in [0.29, 0.717) is 17.9 Å². The van der Waals surface area contributed by atoms with E-state index in [1.807, 2.05) is 4.90 Å². The van der Waals surface area contributed by atoms with Crippen LogP contribution in [0.5, 0.6) is 0 Å². The van der Waals surface area contributed by atoms with Crippen LogP contribution in [0.1, 0.15) is 26.2 Å². The summed E-state index contributed by atoms with van der Waals surface area (Å²) in [7, 11) is 0. The summed E-state index contributed by atoms with van der Waals surface area (Å²) in [5, 5.41) is 0. The highest BCUT2D eigenvalue weighted by Crippen LogP contribution is 2.51. The summed E-state index contributed by atoms with van der Waals surface area (Å²) in [5.41, 5.74) is -0.0601. The number of rotatable bonds is 1. The van der Waals surface area contributed by atoms with E-state index < -0.39 is 0 Å². The molecule has 1 heterocycles. The van der Waals surface area contributed by atoms with Gasteiger partial charge in [0.1, 0.15) is 0 Å². The monoisotopic (exact) mass is 177 g/mol. The molecule has 0 N–H and O–H groups in total. The molecule has 3 unspecified atom stereocenters. The van der Waals surface area contributed by atoms with Crippen molar-refractivity contribution in [2.75, 3.05) is 6.54 Å². The Kier molecular flexibility index (Phi) is 1.27. The van der Waals surface area contributed by atoms with E-state index in [9.17, 15) is 4.79 Å². The molecule has 0 radical (unpaired) electrons. The van der Waals surface area contributed by atoms with Gasteiger partial charge < -0.3 is 4.90 Å². The highest BCUT2D eigenvalue weighted by atomic mass is 16.2. The molecule has 1 saturated carbocycles. The second-order valence-electron chi connectivity index (χ2n) is 4.82. The Bertz CT molecular complexity index is 296. The fourth-order valence-corrected chi connectivity index (χ4v) is 2.82. The van der Waals surface area contributed by atoms with E-state index >= 15 is 0 Å². The van der Waals surface area contributed by atoms with Crippen LogP contribution in [0.3, 0.4) is 0 Å². The van der Waals surface area contributed by atoms with Crippen LogP contribution in [0.4, 0.5) is 0 Å². The van der Waals surface area contributed by atoms with Crippen LogP contribution in [0.25, 0.3) is 0 Å². The van der Waals surface area contributed by atoms with Crippen LogP contribution < -0.4 is 0 Å². The van der Waals surface area contributed by atoms with Gasteiger partial charge in [-0.1, -0.05) is 12.2 Å². The normalized spacial score (nSPS) is 45.8. The molecule has 3 rings (SSSR count). The van der Waals surface area contributed by atoms with Crippen LogP contribution in [-0.4, -0.2) is 23.4 Å². The molecule has 1 amide bonds. The lowest BCUT2D eigenvalue weighted by Gasteiger charge is -2.22. The summed E-state index contributed by atoms with van der Waals surface area (Å²) in [4.78, 5) is 14.1. The molecule has 2 fully saturated rings. The standard InChI is InChI=1S/C11H15NO/c1-8-7-12(8)10(13)11-4-2-9(6-11)3-5-11/h2,4,8-9H,3,5-7H2,1H3. The highest BCUT2D eigenvalue weighted by Gasteiger charge is 2.51. The minimum atomic E-state index is -0.0601. The lowest BCUT2D eigenvalue weighted by atomic mass is 9.87. The van der Waals surface area contributed by atoms with Gasteiger partial charge in [0.2, 0.25) is 5.91 Å². The van der Waals surface area contributed by atoms with Gasteiger partial charge in [-0.3, -0.25) is 4.79 Å². The topological polar surface area (TPSA) is 20.1 Å². The molecule has 2 bridgehead atoms. The van der Waals surface area contributed by atoms with Crippen molar-refractivity contribution in [3.63, 3.8) is 0 Å². The molecular weight excluding hydrogens is 162 g/mol. The van der Waals surface area contributed by atoms with Gasteiger partial charge in [-0.05, 0) is 32.1 Å². The van der Waals surface area contributed by atoms with E-state index in [1.165, 1.54) is 6.42 Å². The first-order chi connectivity index (χ1) is 6.21. The highest BCUT2D eigenvalue weighted by molar-refractivity contribution is 5.88. The molecule has 0 aromatic heterocycles. The summed E-state index contributed by atoms with van der Waals surface area (Å²) in [6, 6.07) is 0.509. The SMILES string of the molecule is CC1CN1C(=O)C12C=CC(CC1)C2. The third-order valence-electron chi connectivity index (χ3n) is 3.82. The Hall–Kier alpha value is -0.790. The van der Waals surface area contributed by atoms with E-state index in [2.05, 4.69) is 19.1 Å². The van der Waals surface area contributed by atoms with Crippen molar-refractivity contribution in [1.82, 2.24) is 4.90 Å². The molecule has 0 spiro atoms. The predicted octanol–water partition coefficient (Wildman–Crippen LogP) is 1.57. The van der Waals surface area contributed by atoms with Crippen molar-refractivity contribution >= 4 is 5.91 Å². The van der Waals surface area contributed by atoms with Gasteiger partial charge in [0.05, 0.1) is 5.41 Å². The van der Waals surface area contributed by atoms with E-state index in [0.717, 1.165) is 19.4 Å². The lowest BCUT2D eigenvalue weighted by molar-refractivity contribution is -0.133. The van der Waals surface area contributed by atoms with E-state index in [-0.39, 0.29) is 5.41 Å². The number of amides is 1. The molecule has 3 aliphatic rings. The van der Waals surface area contributed by atoms with Crippen LogP contribution in [0.15, 0.2) is 12.2 Å². The van der Waals surface area contributed by atoms with Gasteiger partial charge in [0.15, 0.2) is 0 Å². The maximum absolute atomic E-state index is 12.1. The largest absolute Gasteiger partial charge is 0.335 e. The summed E-state index contributed by atoms with van der Waals surface area (Å²) in [6.07, 6.45) is 7.83. The Morgan fingerprint density at radius 2 is 2.38 bits per heavy atom. The maximum atomic E-state index is 12.1. The smallest absolute Gasteiger partial charge is 0.233 e. The number of hydrogen-bond donors (Lipinski definition) is 0. The first-order valence-electron chi connectivity index (χ1n) is 5.22. The molecule has 0 aromatic rings. The number of carbonyl (C=O) groups is 1. The van der Waals surface area contributed by atoms with Gasteiger partial charge >= 0.3 is 0 Å². The molecule has 0 aromatic carbocycles. The fraction of sp³-hybridized carbons (Fsp3) is 0.727.